The summed E-state index contributed by atoms with van der Waals surface area (Å²) in [5.41, 5.74) is 2.28. The molecule has 254 valence electrons. The fourth-order valence-electron chi connectivity index (χ4n) is 5.54. The third-order valence-corrected chi connectivity index (χ3v) is 10.0. The smallest absolute Gasteiger partial charge is 0.324 e. The maximum Gasteiger partial charge on any atom is 0.324 e. The van der Waals surface area contributed by atoms with Gasteiger partial charge in [0.2, 0.25) is 0 Å². The molecule has 0 aliphatic carbocycles. The number of nitrogens with zero attached hydrogens (tertiary/aromatic N) is 4. The van der Waals surface area contributed by atoms with Crippen LogP contribution in [0, 0.1) is 0 Å². The Kier molecular flexibility index (Phi) is 8.90. The largest absolute Gasteiger partial charge is 0.493 e. The van der Waals surface area contributed by atoms with Crippen LogP contribution in [-0.2, 0) is 33.4 Å². The van der Waals surface area contributed by atoms with E-state index >= 15 is 0 Å². The Morgan fingerprint density at radius 1 is 0.939 bits per heavy atom. The minimum Gasteiger partial charge on any atom is -0.493 e. The van der Waals surface area contributed by atoms with Crippen LogP contribution in [0.2, 0.25) is 0 Å². The normalized spacial score (nSPS) is 15.6. The van der Waals surface area contributed by atoms with E-state index in [4.69, 9.17) is 9.84 Å². The van der Waals surface area contributed by atoms with Gasteiger partial charge in [0.25, 0.3) is 5.91 Å². The fraction of sp³-hybridized carbons (Fsp3) is 0.278. The van der Waals surface area contributed by atoms with Crippen molar-refractivity contribution < 1.29 is 22.7 Å². The minimum absolute atomic E-state index is 0.0104. The first-order valence-electron chi connectivity index (χ1n) is 15.9. The molecule has 1 saturated heterocycles. The highest BCUT2D eigenvalue weighted by molar-refractivity contribution is 7.88. The lowest BCUT2D eigenvalue weighted by Gasteiger charge is -2.25. The molecule has 3 heterocycles. The van der Waals surface area contributed by atoms with E-state index in [-0.39, 0.29) is 12.0 Å². The predicted molar refractivity (Wildman–Crippen MR) is 189 cm³/mol. The number of benzene rings is 3. The molecule has 13 heteroatoms. The van der Waals surface area contributed by atoms with E-state index in [1.807, 2.05) is 81.6 Å². The Bertz CT molecular complexity index is 2120. The number of hydrogen-bond acceptors (Lipinski definition) is 7. The molecule has 3 aromatic carbocycles. The average Bonchev–Trinajstić information content (AvgIpc) is 3.55. The predicted octanol–water partition coefficient (Wildman–Crippen LogP) is 5.94. The lowest BCUT2D eigenvalue weighted by atomic mass is 9.92. The summed E-state index contributed by atoms with van der Waals surface area (Å²) in [6, 6.07) is 23.8. The van der Waals surface area contributed by atoms with Crippen LogP contribution in [0.5, 0.6) is 5.75 Å². The summed E-state index contributed by atoms with van der Waals surface area (Å²) >= 11 is 0. The number of carbonyl (C=O) groups is 2. The number of carbonyl (C=O) groups excluding carboxylic acids is 2. The molecule has 0 radical (unpaired) electrons. The van der Waals surface area contributed by atoms with Gasteiger partial charge in [0.1, 0.15) is 17.1 Å². The molecule has 3 N–H and O–H groups in total. The highest BCUT2D eigenvalue weighted by Gasteiger charge is 2.50. The van der Waals surface area contributed by atoms with Crippen LogP contribution in [0.25, 0.3) is 16.5 Å². The van der Waals surface area contributed by atoms with Crippen LogP contribution in [0.3, 0.4) is 0 Å². The van der Waals surface area contributed by atoms with Crippen molar-refractivity contribution in [2.24, 2.45) is 0 Å². The van der Waals surface area contributed by atoms with Crippen LogP contribution in [0.4, 0.5) is 16.3 Å². The number of fused-ring (bicyclic) bond motifs is 1. The third-order valence-electron chi connectivity index (χ3n) is 8.42. The zero-order valence-corrected chi connectivity index (χ0v) is 28.8. The molecular formula is C36H39N7O5S. The van der Waals surface area contributed by atoms with Crippen LogP contribution >= 0.6 is 0 Å². The number of amides is 3. The molecule has 6 rings (SSSR count). The van der Waals surface area contributed by atoms with Crippen molar-refractivity contribution in [1.29, 1.82) is 0 Å². The van der Waals surface area contributed by atoms with Gasteiger partial charge in [-0.05, 0) is 55.3 Å². The maximum atomic E-state index is 13.5. The van der Waals surface area contributed by atoms with E-state index in [0.29, 0.717) is 35.8 Å². The number of nitrogens with one attached hydrogen (secondary N) is 3. The van der Waals surface area contributed by atoms with Crippen LogP contribution in [0.15, 0.2) is 91.3 Å². The standard InChI is InChI=1S/C36H39N7O5S/c1-35(2,3)31-21-32(43(40-31)26-14-12-25(13-15-26)23-42-36(4,5)33(44)41-49(42,46)47)39-34(45)38-29-16-17-30(28-11-7-6-10-27(28)29)48-20-18-24-9-8-19-37-22-24/h6-17,19,21-22H,18,20,23H2,1-5H3,(H,41,44)(H2,38,39,45). The molecule has 1 aliphatic rings. The molecule has 0 unspecified atom stereocenters. The molecule has 5 aromatic rings. The highest BCUT2D eigenvalue weighted by atomic mass is 32.2. The van der Waals surface area contributed by atoms with Gasteiger partial charge in [0.15, 0.2) is 0 Å². The Labute approximate surface area is 285 Å². The molecule has 1 fully saturated rings. The number of rotatable bonds is 9. The molecule has 0 saturated carbocycles. The topological polar surface area (TPSA) is 148 Å². The summed E-state index contributed by atoms with van der Waals surface area (Å²) < 4.78 is 36.1. The van der Waals surface area contributed by atoms with E-state index in [1.165, 1.54) is 0 Å². The summed E-state index contributed by atoms with van der Waals surface area (Å²) in [6.07, 6.45) is 4.28. The number of urea groups is 1. The van der Waals surface area contributed by atoms with Crippen molar-refractivity contribution in [3.05, 3.63) is 108 Å². The van der Waals surface area contributed by atoms with Crippen molar-refractivity contribution >= 4 is 44.4 Å². The zero-order valence-electron chi connectivity index (χ0n) is 28.0. The Hall–Kier alpha value is -5.27. The van der Waals surface area contributed by atoms with Gasteiger partial charge in [0, 0.05) is 47.6 Å². The first-order chi connectivity index (χ1) is 23.2. The second-order valence-corrected chi connectivity index (χ2v) is 15.0. The van der Waals surface area contributed by atoms with E-state index in [9.17, 15) is 18.0 Å². The van der Waals surface area contributed by atoms with Gasteiger partial charge in [-0.25, -0.2) is 14.2 Å². The number of aromatic nitrogens is 3. The Morgan fingerprint density at radius 3 is 2.33 bits per heavy atom. The molecule has 49 heavy (non-hydrogen) atoms. The van der Waals surface area contributed by atoms with Gasteiger partial charge >= 0.3 is 16.2 Å². The lowest BCUT2D eigenvalue weighted by Crippen LogP contribution is -2.43. The van der Waals surface area contributed by atoms with Crippen molar-refractivity contribution in [1.82, 2.24) is 23.8 Å². The van der Waals surface area contributed by atoms with Gasteiger partial charge < -0.3 is 10.1 Å². The van der Waals surface area contributed by atoms with Gasteiger partial charge in [-0.15, -0.1) is 0 Å². The number of pyridine rings is 1. The van der Waals surface area contributed by atoms with Gasteiger partial charge in [-0.3, -0.25) is 15.1 Å². The van der Waals surface area contributed by atoms with Crippen molar-refractivity contribution in [3.63, 3.8) is 0 Å². The second kappa shape index (κ2) is 13.0. The monoisotopic (exact) mass is 681 g/mol. The first-order valence-corrected chi connectivity index (χ1v) is 17.3. The summed E-state index contributed by atoms with van der Waals surface area (Å²) in [7, 11) is -3.94. The summed E-state index contributed by atoms with van der Waals surface area (Å²) in [5.74, 6) is 0.599. The SMILES string of the molecule is CC(C)(C)c1cc(NC(=O)Nc2ccc(OCCc3cccnc3)c3ccccc23)n(-c2ccc(CN3C(C)(C)C(=O)NS3(=O)=O)cc2)n1. The average molecular weight is 682 g/mol. The van der Waals surface area contributed by atoms with Crippen LogP contribution in [0.1, 0.15) is 51.4 Å². The lowest BCUT2D eigenvalue weighted by molar-refractivity contribution is -0.125. The Morgan fingerprint density at radius 2 is 1.67 bits per heavy atom. The first kappa shape index (κ1) is 33.6. The molecule has 0 atom stereocenters. The quantitative estimate of drug-likeness (QED) is 0.175. The second-order valence-electron chi connectivity index (χ2n) is 13.4. The molecule has 12 nitrogen and oxygen atoms in total. The molecule has 3 amide bonds. The summed E-state index contributed by atoms with van der Waals surface area (Å²) in [4.78, 5) is 29.9. The number of anilines is 2. The zero-order chi connectivity index (χ0) is 35.0. The minimum atomic E-state index is -3.94. The molecule has 0 spiro atoms. The maximum absolute atomic E-state index is 13.5. The van der Waals surface area contributed by atoms with E-state index in [0.717, 1.165) is 32.1 Å². The summed E-state index contributed by atoms with van der Waals surface area (Å²) in [6.45, 7) is 9.73. The molecule has 2 aromatic heterocycles. The third kappa shape index (κ3) is 7.13. The van der Waals surface area contributed by atoms with E-state index < -0.39 is 27.7 Å². The van der Waals surface area contributed by atoms with Gasteiger partial charge in [-0.1, -0.05) is 63.2 Å². The van der Waals surface area contributed by atoms with Crippen molar-refractivity contribution in [2.45, 2.75) is 58.5 Å². The molecular weight excluding hydrogens is 643 g/mol. The number of hydrogen-bond donors (Lipinski definition) is 3. The van der Waals surface area contributed by atoms with Crippen LogP contribution in [-0.4, -0.2) is 51.6 Å². The van der Waals surface area contributed by atoms with Crippen LogP contribution < -0.4 is 20.1 Å². The van der Waals surface area contributed by atoms with Crippen molar-refractivity contribution in [3.8, 4) is 11.4 Å². The Balaban J connectivity index is 1.20. The molecule has 1 aliphatic heterocycles. The highest BCUT2D eigenvalue weighted by Crippen LogP contribution is 2.33. The number of ether oxygens (including phenoxy) is 1. The van der Waals surface area contributed by atoms with Gasteiger partial charge in [-0.2, -0.15) is 17.8 Å². The molecule has 0 bridgehead atoms. The van der Waals surface area contributed by atoms with Crippen molar-refractivity contribution in [2.75, 3.05) is 17.2 Å². The van der Waals surface area contributed by atoms with E-state index in [2.05, 4.69) is 20.3 Å². The fourth-order valence-corrected chi connectivity index (χ4v) is 7.13. The summed E-state index contributed by atoms with van der Waals surface area (Å²) in [5, 5.41) is 12.5. The van der Waals surface area contributed by atoms with Gasteiger partial charge in [0.05, 0.1) is 23.7 Å². The van der Waals surface area contributed by atoms with E-state index in [1.54, 1.807) is 49.0 Å².